The number of aryl methyl sites for hydroxylation is 1. The minimum Gasteiger partial charge on any atom is -0.496 e. The second-order valence-electron chi connectivity index (χ2n) is 5.72. The van der Waals surface area contributed by atoms with Crippen molar-refractivity contribution in [3.8, 4) is 5.75 Å². The van der Waals surface area contributed by atoms with E-state index in [0.717, 1.165) is 24.9 Å². The zero-order valence-corrected chi connectivity index (χ0v) is 12.6. The molecule has 0 aliphatic carbocycles. The van der Waals surface area contributed by atoms with Gasteiger partial charge < -0.3 is 15.4 Å². The summed E-state index contributed by atoms with van der Waals surface area (Å²) in [6.45, 7) is 5.50. The summed E-state index contributed by atoms with van der Waals surface area (Å²) in [4.78, 5) is 14.7. The van der Waals surface area contributed by atoms with Gasteiger partial charge in [0.15, 0.2) is 0 Å². The quantitative estimate of drug-likeness (QED) is 0.921. The first kappa shape index (κ1) is 14.9. The normalized spacial score (nSPS) is 22.7. The Balaban J connectivity index is 2.28. The van der Waals surface area contributed by atoms with Crippen LogP contribution in [0.25, 0.3) is 0 Å². The molecule has 0 radical (unpaired) electrons. The molecule has 1 amide bonds. The molecule has 1 fully saturated rings. The molecule has 0 aromatic heterocycles. The number of rotatable bonds is 3. The first-order chi connectivity index (χ1) is 9.56. The van der Waals surface area contributed by atoms with Gasteiger partial charge in [-0.1, -0.05) is 18.6 Å². The second-order valence-corrected chi connectivity index (χ2v) is 5.72. The number of carbonyl (C=O) groups excluding carboxylic acids is 1. The fraction of sp³-hybridized carbons (Fsp3) is 0.562. The van der Waals surface area contributed by atoms with Crippen LogP contribution in [0.1, 0.15) is 35.7 Å². The number of methoxy groups -OCH3 is 1. The number of nitrogens with two attached hydrogens (primary N) is 1. The number of amides is 1. The van der Waals surface area contributed by atoms with Crippen LogP contribution < -0.4 is 10.5 Å². The van der Waals surface area contributed by atoms with Gasteiger partial charge >= 0.3 is 0 Å². The highest BCUT2D eigenvalue weighted by atomic mass is 16.5. The summed E-state index contributed by atoms with van der Waals surface area (Å²) >= 11 is 0. The Morgan fingerprint density at radius 3 is 2.90 bits per heavy atom. The van der Waals surface area contributed by atoms with Crippen LogP contribution in [0.3, 0.4) is 0 Å². The standard InChI is InChI=1S/C16H24N2O2/c1-11-4-5-15(20-3)14(9-11)16(19)18-7-6-12(2)8-13(18)10-17/h4-5,9,12-13H,6-8,10,17H2,1-3H3. The number of likely N-dealkylation sites (tertiary alicyclic amines) is 1. The molecule has 0 saturated carbocycles. The van der Waals surface area contributed by atoms with Crippen molar-refractivity contribution in [3.63, 3.8) is 0 Å². The third kappa shape index (κ3) is 2.96. The predicted molar refractivity (Wildman–Crippen MR) is 80.0 cm³/mol. The van der Waals surface area contributed by atoms with Crippen LogP contribution in [0.2, 0.25) is 0 Å². The van der Waals surface area contributed by atoms with E-state index in [1.165, 1.54) is 0 Å². The van der Waals surface area contributed by atoms with Crippen molar-refractivity contribution < 1.29 is 9.53 Å². The summed E-state index contributed by atoms with van der Waals surface area (Å²) in [5.41, 5.74) is 7.55. The monoisotopic (exact) mass is 276 g/mol. The van der Waals surface area contributed by atoms with Crippen molar-refractivity contribution >= 4 is 5.91 Å². The average molecular weight is 276 g/mol. The third-order valence-corrected chi connectivity index (χ3v) is 4.10. The Morgan fingerprint density at radius 2 is 2.25 bits per heavy atom. The molecule has 2 N–H and O–H groups in total. The molecule has 4 heteroatoms. The lowest BCUT2D eigenvalue weighted by Gasteiger charge is -2.38. The SMILES string of the molecule is COc1ccc(C)cc1C(=O)N1CCC(C)CC1CN. The molecule has 1 saturated heterocycles. The Hall–Kier alpha value is -1.55. The van der Waals surface area contributed by atoms with E-state index in [1.807, 2.05) is 30.0 Å². The number of hydrogen-bond donors (Lipinski definition) is 1. The van der Waals surface area contributed by atoms with E-state index in [4.69, 9.17) is 10.5 Å². The van der Waals surface area contributed by atoms with Crippen LogP contribution in [-0.2, 0) is 0 Å². The molecule has 0 spiro atoms. The maximum atomic E-state index is 12.8. The van der Waals surface area contributed by atoms with Crippen LogP contribution in [0.15, 0.2) is 18.2 Å². The molecule has 2 rings (SSSR count). The first-order valence-electron chi connectivity index (χ1n) is 7.22. The van der Waals surface area contributed by atoms with Gasteiger partial charge in [-0.05, 0) is 37.8 Å². The molecule has 110 valence electrons. The second kappa shape index (κ2) is 6.27. The summed E-state index contributed by atoms with van der Waals surface area (Å²) in [6, 6.07) is 5.84. The maximum absolute atomic E-state index is 12.8. The van der Waals surface area contributed by atoms with E-state index in [0.29, 0.717) is 23.8 Å². The van der Waals surface area contributed by atoms with Gasteiger partial charge in [-0.25, -0.2) is 0 Å². The number of carbonyl (C=O) groups is 1. The first-order valence-corrected chi connectivity index (χ1v) is 7.22. The highest BCUT2D eigenvalue weighted by Gasteiger charge is 2.30. The van der Waals surface area contributed by atoms with Gasteiger partial charge in [0, 0.05) is 19.1 Å². The van der Waals surface area contributed by atoms with Gasteiger partial charge in [-0.3, -0.25) is 4.79 Å². The van der Waals surface area contributed by atoms with Crippen molar-refractivity contribution in [3.05, 3.63) is 29.3 Å². The lowest BCUT2D eigenvalue weighted by Crippen LogP contribution is -2.49. The number of hydrogen-bond acceptors (Lipinski definition) is 3. The van der Waals surface area contributed by atoms with Gasteiger partial charge in [0.2, 0.25) is 0 Å². The Bertz CT molecular complexity index is 487. The summed E-state index contributed by atoms with van der Waals surface area (Å²) < 4.78 is 5.32. The third-order valence-electron chi connectivity index (χ3n) is 4.10. The lowest BCUT2D eigenvalue weighted by atomic mass is 9.91. The average Bonchev–Trinajstić information content (AvgIpc) is 2.46. The molecule has 4 nitrogen and oxygen atoms in total. The van der Waals surface area contributed by atoms with Crippen LogP contribution in [-0.4, -0.2) is 37.0 Å². The smallest absolute Gasteiger partial charge is 0.257 e. The minimum atomic E-state index is 0.0351. The van der Waals surface area contributed by atoms with Crippen molar-refractivity contribution in [2.75, 3.05) is 20.2 Å². The van der Waals surface area contributed by atoms with Crippen LogP contribution in [0, 0.1) is 12.8 Å². The fourth-order valence-corrected chi connectivity index (χ4v) is 2.89. The van der Waals surface area contributed by atoms with Gasteiger partial charge in [0.05, 0.1) is 12.7 Å². The van der Waals surface area contributed by atoms with Gasteiger partial charge in [-0.2, -0.15) is 0 Å². The number of benzene rings is 1. The molecule has 0 bridgehead atoms. The summed E-state index contributed by atoms with van der Waals surface area (Å²) in [5.74, 6) is 1.30. The lowest BCUT2D eigenvalue weighted by molar-refractivity contribution is 0.0570. The molecule has 1 aliphatic rings. The van der Waals surface area contributed by atoms with E-state index >= 15 is 0 Å². The summed E-state index contributed by atoms with van der Waals surface area (Å²) in [7, 11) is 1.60. The number of piperidine rings is 1. The Kier molecular flexibility index (Phi) is 4.65. The summed E-state index contributed by atoms with van der Waals surface area (Å²) in [6.07, 6.45) is 2.02. The van der Waals surface area contributed by atoms with Crippen molar-refractivity contribution in [2.45, 2.75) is 32.7 Å². The van der Waals surface area contributed by atoms with Crippen molar-refractivity contribution in [2.24, 2.45) is 11.7 Å². The summed E-state index contributed by atoms with van der Waals surface area (Å²) in [5, 5.41) is 0. The number of ether oxygens (including phenoxy) is 1. The predicted octanol–water partition coefficient (Wildman–Crippen LogP) is 2.20. The molecule has 2 atom stereocenters. The molecule has 20 heavy (non-hydrogen) atoms. The molecule has 2 unspecified atom stereocenters. The van der Waals surface area contributed by atoms with Crippen molar-refractivity contribution in [1.29, 1.82) is 0 Å². The molecule has 1 aliphatic heterocycles. The van der Waals surface area contributed by atoms with Gasteiger partial charge in [0.25, 0.3) is 5.91 Å². The highest BCUT2D eigenvalue weighted by Crippen LogP contribution is 2.27. The van der Waals surface area contributed by atoms with Gasteiger partial charge in [-0.15, -0.1) is 0 Å². The molecule has 1 aromatic carbocycles. The maximum Gasteiger partial charge on any atom is 0.257 e. The zero-order chi connectivity index (χ0) is 14.7. The Labute approximate surface area is 120 Å². The van der Waals surface area contributed by atoms with E-state index in [1.54, 1.807) is 7.11 Å². The van der Waals surface area contributed by atoms with E-state index in [9.17, 15) is 4.79 Å². The van der Waals surface area contributed by atoms with Crippen LogP contribution in [0.5, 0.6) is 5.75 Å². The number of nitrogens with zero attached hydrogens (tertiary/aromatic N) is 1. The van der Waals surface area contributed by atoms with E-state index in [-0.39, 0.29) is 11.9 Å². The molecular formula is C16H24N2O2. The van der Waals surface area contributed by atoms with Crippen LogP contribution in [0.4, 0.5) is 0 Å². The van der Waals surface area contributed by atoms with Gasteiger partial charge in [0.1, 0.15) is 5.75 Å². The highest BCUT2D eigenvalue weighted by molar-refractivity contribution is 5.97. The Morgan fingerprint density at radius 1 is 1.50 bits per heavy atom. The fourth-order valence-electron chi connectivity index (χ4n) is 2.89. The van der Waals surface area contributed by atoms with Crippen molar-refractivity contribution in [1.82, 2.24) is 4.90 Å². The topological polar surface area (TPSA) is 55.6 Å². The molecule has 1 heterocycles. The largest absolute Gasteiger partial charge is 0.496 e. The minimum absolute atomic E-state index is 0.0351. The van der Waals surface area contributed by atoms with E-state index < -0.39 is 0 Å². The molecular weight excluding hydrogens is 252 g/mol. The van der Waals surface area contributed by atoms with Crippen LogP contribution >= 0.6 is 0 Å². The van der Waals surface area contributed by atoms with E-state index in [2.05, 4.69) is 6.92 Å². The molecule has 1 aromatic rings. The zero-order valence-electron chi connectivity index (χ0n) is 12.6.